The molecule has 126 valence electrons. The van der Waals surface area contributed by atoms with Crippen molar-refractivity contribution in [3.63, 3.8) is 0 Å². The molecular weight excluding hydrogens is 321 g/mol. The fourth-order valence-electron chi connectivity index (χ4n) is 2.19. The van der Waals surface area contributed by atoms with Gasteiger partial charge in [0.05, 0.1) is 5.54 Å². The number of nitrogens with zero attached hydrogens (tertiary/aromatic N) is 1. The van der Waals surface area contributed by atoms with Crippen molar-refractivity contribution in [1.82, 2.24) is 10.2 Å². The Hall–Kier alpha value is -0.810. The number of amides is 1. The quantitative estimate of drug-likeness (QED) is 0.796. The van der Waals surface area contributed by atoms with Gasteiger partial charge in [0, 0.05) is 13.1 Å². The van der Waals surface area contributed by atoms with E-state index in [0.29, 0.717) is 6.54 Å². The summed E-state index contributed by atoms with van der Waals surface area (Å²) in [4.78, 5) is 14.1. The first kappa shape index (κ1) is 21.2. The molecule has 22 heavy (non-hydrogen) atoms. The highest BCUT2D eigenvalue weighted by atomic mass is 35.5. The highest BCUT2D eigenvalue weighted by molar-refractivity contribution is 5.88. The van der Waals surface area contributed by atoms with Gasteiger partial charge in [-0.1, -0.05) is 38.1 Å². The van der Waals surface area contributed by atoms with Gasteiger partial charge >= 0.3 is 0 Å². The maximum absolute atomic E-state index is 11.7. The number of rotatable bonds is 7. The van der Waals surface area contributed by atoms with E-state index in [1.807, 2.05) is 0 Å². The Kier molecular flexibility index (Phi) is 9.01. The van der Waals surface area contributed by atoms with Crippen LogP contribution in [0.2, 0.25) is 0 Å². The van der Waals surface area contributed by atoms with Crippen molar-refractivity contribution in [3.8, 4) is 0 Å². The molecule has 1 aliphatic rings. The molecule has 3 N–H and O–H groups in total. The smallest absolute Gasteiger partial charge is 0.240 e. The number of halogens is 2. The molecule has 0 spiro atoms. The Morgan fingerprint density at radius 3 is 2.09 bits per heavy atom. The van der Waals surface area contributed by atoms with Gasteiger partial charge in [-0.25, -0.2) is 0 Å². The summed E-state index contributed by atoms with van der Waals surface area (Å²) in [5, 5.41) is 2.91. The third-order valence-corrected chi connectivity index (χ3v) is 4.02. The molecule has 1 aliphatic carbocycles. The molecule has 1 fully saturated rings. The van der Waals surface area contributed by atoms with Crippen molar-refractivity contribution >= 4 is 30.7 Å². The van der Waals surface area contributed by atoms with E-state index in [-0.39, 0.29) is 30.7 Å². The third-order valence-electron chi connectivity index (χ3n) is 4.02. The molecule has 0 saturated heterocycles. The fraction of sp³-hybridized carbons (Fsp3) is 0.562. The minimum absolute atomic E-state index is 0. The molecule has 2 rings (SSSR count). The lowest BCUT2D eigenvalue weighted by Gasteiger charge is -2.18. The molecule has 0 bridgehead atoms. The Labute approximate surface area is 145 Å². The van der Waals surface area contributed by atoms with Crippen molar-refractivity contribution in [2.24, 2.45) is 5.73 Å². The van der Waals surface area contributed by atoms with Crippen LogP contribution in [0.1, 0.15) is 37.8 Å². The van der Waals surface area contributed by atoms with Crippen molar-refractivity contribution < 1.29 is 4.79 Å². The lowest BCUT2D eigenvalue weighted by molar-refractivity contribution is -0.123. The molecule has 0 atom stereocenters. The molecule has 0 aromatic heterocycles. The summed E-state index contributed by atoms with van der Waals surface area (Å²) < 4.78 is 0. The topological polar surface area (TPSA) is 58.4 Å². The van der Waals surface area contributed by atoms with E-state index in [4.69, 9.17) is 5.73 Å². The summed E-state index contributed by atoms with van der Waals surface area (Å²) in [6.45, 7) is 8.01. The minimum Gasteiger partial charge on any atom is -0.350 e. The molecule has 0 heterocycles. The van der Waals surface area contributed by atoms with E-state index in [1.54, 1.807) is 0 Å². The van der Waals surface area contributed by atoms with Crippen LogP contribution in [0.25, 0.3) is 0 Å². The first-order valence-electron chi connectivity index (χ1n) is 7.44. The maximum atomic E-state index is 11.7. The average Bonchev–Trinajstić information content (AvgIpc) is 3.22. The van der Waals surface area contributed by atoms with Crippen molar-refractivity contribution in [3.05, 3.63) is 35.4 Å². The SMILES string of the molecule is CCN(CC)Cc1ccc(CNC(=O)C2(N)CC2)cc1.Cl.Cl. The van der Waals surface area contributed by atoms with E-state index in [2.05, 4.69) is 48.3 Å². The second-order valence-corrected chi connectivity index (χ2v) is 5.62. The number of nitrogens with one attached hydrogen (secondary N) is 1. The summed E-state index contributed by atoms with van der Waals surface area (Å²) in [6.07, 6.45) is 1.61. The van der Waals surface area contributed by atoms with Crippen molar-refractivity contribution in [2.45, 2.75) is 45.3 Å². The number of hydrogen-bond donors (Lipinski definition) is 2. The predicted molar refractivity (Wildman–Crippen MR) is 95.6 cm³/mol. The number of nitrogens with two attached hydrogens (primary N) is 1. The Morgan fingerprint density at radius 2 is 1.64 bits per heavy atom. The van der Waals surface area contributed by atoms with E-state index in [0.717, 1.165) is 38.0 Å². The van der Waals surface area contributed by atoms with E-state index in [9.17, 15) is 4.79 Å². The van der Waals surface area contributed by atoms with Gasteiger partial charge in [0.2, 0.25) is 5.91 Å². The first-order chi connectivity index (χ1) is 9.57. The number of carbonyl (C=O) groups is 1. The zero-order valence-corrected chi connectivity index (χ0v) is 14.9. The lowest BCUT2D eigenvalue weighted by Crippen LogP contribution is -2.42. The molecular formula is C16H27Cl2N3O. The van der Waals surface area contributed by atoms with Crippen LogP contribution < -0.4 is 11.1 Å². The van der Waals surface area contributed by atoms with Gasteiger partial charge in [-0.2, -0.15) is 0 Å². The summed E-state index contributed by atoms with van der Waals surface area (Å²) >= 11 is 0. The van der Waals surface area contributed by atoms with Gasteiger partial charge < -0.3 is 11.1 Å². The summed E-state index contributed by atoms with van der Waals surface area (Å²) in [6, 6.07) is 8.43. The second-order valence-electron chi connectivity index (χ2n) is 5.62. The molecule has 4 nitrogen and oxygen atoms in total. The van der Waals surface area contributed by atoms with Crippen LogP contribution in [0.5, 0.6) is 0 Å². The van der Waals surface area contributed by atoms with Crippen LogP contribution >= 0.6 is 24.8 Å². The molecule has 1 saturated carbocycles. The third kappa shape index (κ3) is 5.76. The van der Waals surface area contributed by atoms with Gasteiger partial charge in [0.25, 0.3) is 0 Å². The number of benzene rings is 1. The summed E-state index contributed by atoms with van der Waals surface area (Å²) in [7, 11) is 0. The van der Waals surface area contributed by atoms with Gasteiger partial charge in [-0.05, 0) is 37.1 Å². The second kappa shape index (κ2) is 9.36. The highest BCUT2D eigenvalue weighted by Crippen LogP contribution is 2.32. The highest BCUT2D eigenvalue weighted by Gasteiger charge is 2.45. The standard InChI is InChI=1S/C16H25N3O.2ClH/c1-3-19(4-2)12-14-7-5-13(6-8-14)11-18-15(20)16(17)9-10-16;;/h5-8H,3-4,9-12,17H2,1-2H3,(H,18,20);2*1H. The largest absolute Gasteiger partial charge is 0.350 e. The maximum Gasteiger partial charge on any atom is 0.240 e. The average molecular weight is 348 g/mol. The Balaban J connectivity index is 0.00000220. The summed E-state index contributed by atoms with van der Waals surface area (Å²) in [5.41, 5.74) is 7.69. The van der Waals surface area contributed by atoms with Crippen molar-refractivity contribution in [1.29, 1.82) is 0 Å². The van der Waals surface area contributed by atoms with Gasteiger partial charge in [0.15, 0.2) is 0 Å². The number of carbonyl (C=O) groups excluding carboxylic acids is 1. The molecule has 1 amide bonds. The number of hydrogen-bond acceptors (Lipinski definition) is 3. The molecule has 1 aromatic rings. The van der Waals surface area contributed by atoms with Crippen molar-refractivity contribution in [2.75, 3.05) is 13.1 Å². The lowest BCUT2D eigenvalue weighted by atomic mass is 10.1. The Morgan fingerprint density at radius 1 is 1.14 bits per heavy atom. The van der Waals surface area contributed by atoms with Crippen LogP contribution in [0, 0.1) is 0 Å². The van der Waals surface area contributed by atoms with Crippen LogP contribution in [0.3, 0.4) is 0 Å². The predicted octanol–water partition coefficient (Wildman–Crippen LogP) is 2.48. The van der Waals surface area contributed by atoms with Crippen LogP contribution in [0.15, 0.2) is 24.3 Å². The normalized spacial score (nSPS) is 14.7. The summed E-state index contributed by atoms with van der Waals surface area (Å²) in [5.74, 6) is -0.0234. The fourth-order valence-corrected chi connectivity index (χ4v) is 2.19. The molecule has 0 radical (unpaired) electrons. The van der Waals surface area contributed by atoms with E-state index in [1.165, 1.54) is 5.56 Å². The van der Waals surface area contributed by atoms with Gasteiger partial charge in [-0.3, -0.25) is 9.69 Å². The van der Waals surface area contributed by atoms with E-state index < -0.39 is 5.54 Å². The molecule has 1 aromatic carbocycles. The van der Waals surface area contributed by atoms with Gasteiger partial charge in [0.1, 0.15) is 0 Å². The van der Waals surface area contributed by atoms with E-state index >= 15 is 0 Å². The van der Waals surface area contributed by atoms with Gasteiger partial charge in [-0.15, -0.1) is 24.8 Å². The van der Waals surface area contributed by atoms with Crippen LogP contribution in [-0.2, 0) is 17.9 Å². The molecule has 6 heteroatoms. The zero-order chi connectivity index (χ0) is 14.6. The molecule has 0 aliphatic heterocycles. The first-order valence-corrected chi connectivity index (χ1v) is 7.44. The van der Waals surface area contributed by atoms with Crippen LogP contribution in [0.4, 0.5) is 0 Å². The minimum atomic E-state index is -0.581. The molecule has 0 unspecified atom stereocenters. The Bertz CT molecular complexity index is 457. The monoisotopic (exact) mass is 347 g/mol. The zero-order valence-electron chi connectivity index (χ0n) is 13.3. The van der Waals surface area contributed by atoms with Crippen LogP contribution in [-0.4, -0.2) is 29.4 Å².